The van der Waals surface area contributed by atoms with Crippen LogP contribution < -0.4 is 14.5 Å². The summed E-state index contributed by atoms with van der Waals surface area (Å²) in [6, 6.07) is 12.5. The number of hydrogen-bond acceptors (Lipinski definition) is 5. The number of carboxylic acid groups (broad SMARTS) is 1. The summed E-state index contributed by atoms with van der Waals surface area (Å²) in [4.78, 5) is 11.2. The van der Waals surface area contributed by atoms with E-state index >= 15 is 0 Å². The largest absolute Gasteiger partial charge is 0.497 e. The second-order valence-corrected chi connectivity index (χ2v) is 7.82. The highest BCUT2D eigenvalue weighted by molar-refractivity contribution is 5.93. The molecule has 0 bridgehead atoms. The maximum absolute atomic E-state index is 11.2. The van der Waals surface area contributed by atoms with Crippen LogP contribution in [0.25, 0.3) is 0 Å². The fourth-order valence-corrected chi connectivity index (χ4v) is 3.30. The van der Waals surface area contributed by atoms with Gasteiger partial charge in [0, 0.05) is 29.2 Å². The van der Waals surface area contributed by atoms with Crippen molar-refractivity contribution in [2.75, 3.05) is 19.2 Å². The van der Waals surface area contributed by atoms with Crippen molar-refractivity contribution in [1.82, 2.24) is 0 Å². The van der Waals surface area contributed by atoms with E-state index in [1.165, 1.54) is 0 Å². The van der Waals surface area contributed by atoms with Gasteiger partial charge in [-0.25, -0.2) is 4.79 Å². The average molecular weight is 382 g/mol. The number of nitrogens with zero attached hydrogens (tertiary/aromatic N) is 2. The first-order chi connectivity index (χ1) is 13.2. The number of methoxy groups -OCH3 is 2. The Morgan fingerprint density at radius 3 is 2.32 bits per heavy atom. The third kappa shape index (κ3) is 3.81. The second kappa shape index (κ2) is 7.54. The Morgan fingerprint density at radius 2 is 1.79 bits per heavy atom. The summed E-state index contributed by atoms with van der Waals surface area (Å²) in [5, 5.41) is 16.0. The molecule has 0 saturated heterocycles. The summed E-state index contributed by atoms with van der Waals surface area (Å²) in [6.07, 6.45) is 0.757. The molecular weight excluding hydrogens is 356 g/mol. The van der Waals surface area contributed by atoms with Gasteiger partial charge >= 0.3 is 5.97 Å². The lowest BCUT2D eigenvalue weighted by atomic mass is 9.85. The fraction of sp³-hybridized carbons (Fsp3) is 0.364. The minimum atomic E-state index is -0.944. The van der Waals surface area contributed by atoms with E-state index in [1.807, 2.05) is 23.2 Å². The first-order valence-electron chi connectivity index (χ1n) is 9.17. The fourth-order valence-electron chi connectivity index (χ4n) is 3.30. The first kappa shape index (κ1) is 19.7. The molecule has 1 heterocycles. The number of rotatable bonds is 5. The molecule has 0 spiro atoms. The summed E-state index contributed by atoms with van der Waals surface area (Å²) < 4.78 is 10.9. The molecule has 0 fully saturated rings. The van der Waals surface area contributed by atoms with Gasteiger partial charge in [-0.05, 0) is 36.4 Å². The van der Waals surface area contributed by atoms with E-state index in [2.05, 4.69) is 20.8 Å². The maximum atomic E-state index is 11.2. The molecule has 0 radical (unpaired) electrons. The van der Waals surface area contributed by atoms with Crippen molar-refractivity contribution in [2.45, 2.75) is 33.2 Å². The smallest absolute Gasteiger partial charge is 0.335 e. The van der Waals surface area contributed by atoms with E-state index in [0.717, 1.165) is 34.9 Å². The number of benzene rings is 2. The second-order valence-electron chi connectivity index (χ2n) is 7.82. The van der Waals surface area contributed by atoms with Crippen molar-refractivity contribution in [2.24, 2.45) is 10.5 Å². The van der Waals surface area contributed by atoms with Gasteiger partial charge in [0.05, 0.1) is 31.5 Å². The zero-order valence-electron chi connectivity index (χ0n) is 16.9. The Labute approximate surface area is 165 Å². The number of hydrogen-bond donors (Lipinski definition) is 1. The quantitative estimate of drug-likeness (QED) is 0.807. The third-order valence-corrected chi connectivity index (χ3v) is 4.95. The molecule has 28 heavy (non-hydrogen) atoms. The summed E-state index contributed by atoms with van der Waals surface area (Å²) in [5.74, 6) is 0.523. The predicted molar refractivity (Wildman–Crippen MR) is 110 cm³/mol. The molecule has 148 valence electrons. The van der Waals surface area contributed by atoms with Crippen LogP contribution in [0, 0.1) is 5.41 Å². The summed E-state index contributed by atoms with van der Waals surface area (Å²) in [7, 11) is 3.27. The van der Waals surface area contributed by atoms with Crippen molar-refractivity contribution in [3.05, 3.63) is 53.6 Å². The lowest BCUT2D eigenvalue weighted by molar-refractivity contribution is 0.0697. The molecule has 0 aromatic heterocycles. The highest BCUT2D eigenvalue weighted by Gasteiger charge is 2.35. The van der Waals surface area contributed by atoms with Gasteiger partial charge < -0.3 is 14.6 Å². The summed E-state index contributed by atoms with van der Waals surface area (Å²) in [6.45, 7) is 6.43. The van der Waals surface area contributed by atoms with Crippen molar-refractivity contribution < 1.29 is 19.4 Å². The van der Waals surface area contributed by atoms with E-state index in [1.54, 1.807) is 38.5 Å². The lowest BCUT2D eigenvalue weighted by Gasteiger charge is -2.25. The molecular formula is C22H26N2O4. The molecule has 1 aliphatic rings. The van der Waals surface area contributed by atoms with Crippen LogP contribution in [0.4, 0.5) is 5.69 Å². The first-order valence-corrected chi connectivity index (χ1v) is 9.17. The number of carbonyl (C=O) groups is 1. The lowest BCUT2D eigenvalue weighted by Crippen LogP contribution is -2.20. The average Bonchev–Trinajstić information content (AvgIpc) is 3.13. The van der Waals surface area contributed by atoms with Crippen molar-refractivity contribution >= 4 is 17.4 Å². The van der Waals surface area contributed by atoms with E-state index in [0.29, 0.717) is 0 Å². The zero-order chi connectivity index (χ0) is 20.5. The van der Waals surface area contributed by atoms with E-state index < -0.39 is 5.97 Å². The molecule has 0 saturated carbocycles. The Morgan fingerprint density at radius 1 is 1.11 bits per heavy atom. The van der Waals surface area contributed by atoms with Gasteiger partial charge in [0.25, 0.3) is 0 Å². The minimum Gasteiger partial charge on any atom is -0.497 e. The number of carboxylic acids is 1. The van der Waals surface area contributed by atoms with Crippen molar-refractivity contribution in [3.63, 3.8) is 0 Å². The molecule has 0 aliphatic carbocycles. The molecule has 6 heteroatoms. The number of aromatic carboxylic acids is 1. The Bertz CT molecular complexity index is 898. The van der Waals surface area contributed by atoms with Crippen LogP contribution in [-0.2, 0) is 0 Å². The Kier molecular flexibility index (Phi) is 5.31. The van der Waals surface area contributed by atoms with Gasteiger partial charge in [-0.3, -0.25) is 5.01 Å². The molecule has 1 atom stereocenters. The minimum absolute atomic E-state index is 0.0502. The van der Waals surface area contributed by atoms with Crippen molar-refractivity contribution in [3.8, 4) is 11.5 Å². The van der Waals surface area contributed by atoms with Crippen LogP contribution in [0.5, 0.6) is 11.5 Å². The molecule has 1 N–H and O–H groups in total. The van der Waals surface area contributed by atoms with Crippen LogP contribution in [0.3, 0.4) is 0 Å². The van der Waals surface area contributed by atoms with Gasteiger partial charge in [-0.15, -0.1) is 0 Å². The molecule has 1 unspecified atom stereocenters. The number of hydrazone groups is 1. The highest BCUT2D eigenvalue weighted by atomic mass is 16.5. The topological polar surface area (TPSA) is 71.4 Å². The zero-order valence-corrected chi connectivity index (χ0v) is 16.9. The number of ether oxygens (including phenoxy) is 2. The van der Waals surface area contributed by atoms with Crippen LogP contribution in [0.15, 0.2) is 47.6 Å². The van der Waals surface area contributed by atoms with E-state index in [4.69, 9.17) is 19.7 Å². The Balaban J connectivity index is 2.05. The van der Waals surface area contributed by atoms with Gasteiger partial charge in [-0.1, -0.05) is 20.8 Å². The van der Waals surface area contributed by atoms with Gasteiger partial charge in [0.2, 0.25) is 0 Å². The van der Waals surface area contributed by atoms with Crippen molar-refractivity contribution in [1.29, 1.82) is 0 Å². The van der Waals surface area contributed by atoms with Crippen LogP contribution in [0.2, 0.25) is 0 Å². The van der Waals surface area contributed by atoms with Gasteiger partial charge in [-0.2, -0.15) is 5.10 Å². The SMILES string of the molecule is COc1ccc(C2CC(C(C)(C)C)=NN2c2ccc(C(=O)O)cc2)c(OC)c1. The summed E-state index contributed by atoms with van der Waals surface area (Å²) in [5.41, 5.74) is 3.10. The Hall–Kier alpha value is -3.02. The molecule has 2 aromatic carbocycles. The van der Waals surface area contributed by atoms with Gasteiger partial charge in [0.1, 0.15) is 11.5 Å². The van der Waals surface area contributed by atoms with Crippen LogP contribution >= 0.6 is 0 Å². The maximum Gasteiger partial charge on any atom is 0.335 e. The molecule has 6 nitrogen and oxygen atoms in total. The highest BCUT2D eigenvalue weighted by Crippen LogP contribution is 2.43. The van der Waals surface area contributed by atoms with E-state index in [9.17, 15) is 4.79 Å². The monoisotopic (exact) mass is 382 g/mol. The molecule has 0 amide bonds. The molecule has 1 aliphatic heterocycles. The van der Waals surface area contributed by atoms with E-state index in [-0.39, 0.29) is 17.0 Å². The van der Waals surface area contributed by atoms with Crippen LogP contribution in [0.1, 0.15) is 49.2 Å². The van der Waals surface area contributed by atoms with Crippen LogP contribution in [-0.4, -0.2) is 31.0 Å². The normalized spacial score (nSPS) is 16.7. The molecule has 2 aromatic rings. The molecule has 3 rings (SSSR count). The number of anilines is 1. The standard InChI is InChI=1S/C22H26N2O4/c1-22(2,3)20-13-18(17-11-10-16(27-4)12-19(17)28-5)24(23-20)15-8-6-14(7-9-15)21(25)26/h6-12,18H,13H2,1-5H3,(H,25,26). The predicted octanol–water partition coefficient (Wildman–Crippen LogP) is 4.76. The third-order valence-electron chi connectivity index (χ3n) is 4.95. The van der Waals surface area contributed by atoms with Gasteiger partial charge in [0.15, 0.2) is 0 Å². The summed E-state index contributed by atoms with van der Waals surface area (Å²) >= 11 is 0.